The van der Waals surface area contributed by atoms with E-state index in [1.807, 2.05) is 44.4 Å². The molecular weight excluding hydrogens is 332 g/mol. The molecule has 1 unspecified atom stereocenters. The molecule has 1 aromatic rings. The number of hydrogen-bond acceptors (Lipinski definition) is 1. The van der Waals surface area contributed by atoms with Gasteiger partial charge in [0.2, 0.25) is 0 Å². The molecule has 70 valence electrons. The van der Waals surface area contributed by atoms with Gasteiger partial charge in [-0.25, -0.2) is 0 Å². The van der Waals surface area contributed by atoms with Gasteiger partial charge >= 0.3 is 21.1 Å². The van der Waals surface area contributed by atoms with Crippen LogP contribution in [0, 0.1) is 14.4 Å². The quantitative estimate of drug-likeness (QED) is 0.753. The zero-order valence-electron chi connectivity index (χ0n) is 8.20. The van der Waals surface area contributed by atoms with E-state index in [0.29, 0.717) is 0 Å². The summed E-state index contributed by atoms with van der Waals surface area (Å²) in [6, 6.07) is 7.93. The van der Waals surface area contributed by atoms with Gasteiger partial charge in [0.05, 0.1) is 0 Å². The fourth-order valence-corrected chi connectivity index (χ4v) is 0.923. The van der Waals surface area contributed by atoms with Gasteiger partial charge in [0.15, 0.2) is 0 Å². The van der Waals surface area contributed by atoms with E-state index in [9.17, 15) is 4.79 Å². The molecule has 0 aliphatic rings. The molecule has 1 aromatic carbocycles. The molecule has 0 bridgehead atoms. The second kappa shape index (κ2) is 7.03. The van der Waals surface area contributed by atoms with Crippen LogP contribution in [-0.4, -0.2) is 6.29 Å². The minimum absolute atomic E-state index is 0. The first-order chi connectivity index (χ1) is 5.24. The molecule has 1 nitrogen and oxygen atoms in total. The van der Waals surface area contributed by atoms with Crippen LogP contribution in [0.2, 0.25) is 0 Å². The summed E-state index contributed by atoms with van der Waals surface area (Å²) >= 11 is 0. The molecule has 0 amide bonds. The summed E-state index contributed by atoms with van der Waals surface area (Å²) in [5.74, 6) is -0.101. The zero-order chi connectivity index (χ0) is 8.27. The van der Waals surface area contributed by atoms with Crippen molar-refractivity contribution in [2.75, 3.05) is 0 Å². The summed E-state index contributed by atoms with van der Waals surface area (Å²) in [4.78, 5) is 10.3. The van der Waals surface area contributed by atoms with Crippen LogP contribution in [-0.2, 0) is 25.9 Å². The van der Waals surface area contributed by atoms with Crippen LogP contribution < -0.4 is 0 Å². The van der Waals surface area contributed by atoms with E-state index in [-0.39, 0.29) is 34.4 Å². The number of rotatable bonds is 2. The van der Waals surface area contributed by atoms with Crippen molar-refractivity contribution in [1.29, 1.82) is 0 Å². The summed E-state index contributed by atoms with van der Waals surface area (Å²) in [6.07, 6.45) is 1.95. The van der Waals surface area contributed by atoms with E-state index in [2.05, 4.69) is 0 Å². The molecule has 0 aliphatic carbocycles. The van der Waals surface area contributed by atoms with Crippen LogP contribution in [0.4, 0.5) is 0 Å². The van der Waals surface area contributed by atoms with Gasteiger partial charge in [-0.2, -0.15) is 0 Å². The smallest absolute Gasteiger partial charge is 0.541 e. The molecule has 0 radical (unpaired) electrons. The SMILES string of the molecule is Cc1ccc(C(C)[C-]=O)cc1.[CH3-].[W+2]. The summed E-state index contributed by atoms with van der Waals surface area (Å²) in [5.41, 5.74) is 2.25. The second-order valence-electron chi connectivity index (χ2n) is 2.75. The summed E-state index contributed by atoms with van der Waals surface area (Å²) in [6.45, 7) is 3.87. The third kappa shape index (κ3) is 4.38. The summed E-state index contributed by atoms with van der Waals surface area (Å²) in [7, 11) is 0. The van der Waals surface area contributed by atoms with E-state index in [1.165, 1.54) is 5.56 Å². The third-order valence-electron chi connectivity index (χ3n) is 1.75. The molecule has 0 spiro atoms. The van der Waals surface area contributed by atoms with Gasteiger partial charge in [0.1, 0.15) is 0 Å². The molecule has 2 heteroatoms. The van der Waals surface area contributed by atoms with Crippen molar-refractivity contribution < 1.29 is 25.9 Å². The minimum Gasteiger partial charge on any atom is -0.541 e. The van der Waals surface area contributed by atoms with Crippen LogP contribution in [0.25, 0.3) is 0 Å². The van der Waals surface area contributed by atoms with Crippen LogP contribution >= 0.6 is 0 Å². The molecule has 0 saturated carbocycles. The molecule has 0 N–H and O–H groups in total. The van der Waals surface area contributed by atoms with Crippen molar-refractivity contribution in [2.24, 2.45) is 0 Å². The molecule has 0 saturated heterocycles. The summed E-state index contributed by atoms with van der Waals surface area (Å²) in [5, 5.41) is 0. The molecule has 0 fully saturated rings. The van der Waals surface area contributed by atoms with E-state index in [0.717, 1.165) is 5.56 Å². The maximum atomic E-state index is 10.3. The van der Waals surface area contributed by atoms with Gasteiger partial charge in [-0.1, -0.05) is 42.3 Å². The molecule has 0 aromatic heterocycles. The minimum atomic E-state index is -0.101. The number of aryl methyl sites for hydroxylation is 1. The third-order valence-corrected chi connectivity index (χ3v) is 1.75. The van der Waals surface area contributed by atoms with Crippen LogP contribution in [0.5, 0.6) is 0 Å². The Kier molecular flexibility index (Phi) is 8.15. The fraction of sp³-hybridized carbons (Fsp3) is 0.273. The Labute approximate surface area is 94.8 Å². The Bertz CT molecular complexity index is 241. The maximum Gasteiger partial charge on any atom is 2.00 e. The van der Waals surface area contributed by atoms with Gasteiger partial charge in [-0.3, -0.25) is 6.29 Å². The van der Waals surface area contributed by atoms with Gasteiger partial charge < -0.3 is 12.2 Å². The Hall–Kier alpha value is -0.422. The molecule has 0 heterocycles. The molecule has 1 atom stereocenters. The average Bonchev–Trinajstić information content (AvgIpc) is 2.05. The second-order valence-corrected chi connectivity index (χ2v) is 2.75. The van der Waals surface area contributed by atoms with Gasteiger partial charge in [0, 0.05) is 0 Å². The fourth-order valence-electron chi connectivity index (χ4n) is 0.923. The maximum absolute atomic E-state index is 10.3. The Morgan fingerprint density at radius 1 is 1.23 bits per heavy atom. The van der Waals surface area contributed by atoms with Crippen LogP contribution in [0.3, 0.4) is 0 Å². The number of hydrogen-bond donors (Lipinski definition) is 0. The van der Waals surface area contributed by atoms with Crippen LogP contribution in [0.15, 0.2) is 24.3 Å². The van der Waals surface area contributed by atoms with Crippen molar-refractivity contribution in [3.8, 4) is 0 Å². The Balaban J connectivity index is 0. The van der Waals surface area contributed by atoms with Crippen LogP contribution in [0.1, 0.15) is 24.0 Å². The average molecular weight is 346 g/mol. The van der Waals surface area contributed by atoms with Gasteiger partial charge in [0.25, 0.3) is 0 Å². The van der Waals surface area contributed by atoms with E-state index in [4.69, 9.17) is 0 Å². The molecule has 0 aliphatic heterocycles. The first kappa shape index (κ1) is 15.1. The van der Waals surface area contributed by atoms with Gasteiger partial charge in [-0.05, 0) is 6.92 Å². The van der Waals surface area contributed by atoms with Crippen molar-refractivity contribution in [3.05, 3.63) is 42.8 Å². The number of benzene rings is 1. The molecule has 13 heavy (non-hydrogen) atoms. The van der Waals surface area contributed by atoms with E-state index < -0.39 is 0 Å². The van der Waals surface area contributed by atoms with Crippen molar-refractivity contribution in [2.45, 2.75) is 19.8 Å². The van der Waals surface area contributed by atoms with Crippen molar-refractivity contribution in [1.82, 2.24) is 0 Å². The summed E-state index contributed by atoms with van der Waals surface area (Å²) < 4.78 is 0. The Morgan fingerprint density at radius 2 is 1.69 bits per heavy atom. The van der Waals surface area contributed by atoms with Crippen molar-refractivity contribution >= 4 is 6.29 Å². The first-order valence-electron chi connectivity index (χ1n) is 3.68. The standard InChI is InChI=1S/C10H11O.CH3.W/c1-8-3-5-10(6-4-8)9(2)7-11;;/h3-6,9H,1-2H3;1H3;/q2*-1;+2. The predicted molar refractivity (Wildman–Crippen MR) is 51.7 cm³/mol. The predicted octanol–water partition coefficient (Wildman–Crippen LogP) is 2.66. The largest absolute Gasteiger partial charge is 2.00 e. The molecule has 1 rings (SSSR count). The normalized spacial score (nSPS) is 10.6. The van der Waals surface area contributed by atoms with Gasteiger partial charge in [-0.15, -0.1) is 5.92 Å². The zero-order valence-corrected chi connectivity index (χ0v) is 11.1. The topological polar surface area (TPSA) is 17.1 Å². The first-order valence-corrected chi connectivity index (χ1v) is 3.68. The van der Waals surface area contributed by atoms with E-state index >= 15 is 0 Å². The monoisotopic (exact) mass is 346 g/mol. The van der Waals surface area contributed by atoms with Crippen molar-refractivity contribution in [3.63, 3.8) is 0 Å². The Morgan fingerprint density at radius 3 is 2.08 bits per heavy atom. The van der Waals surface area contributed by atoms with E-state index in [1.54, 1.807) is 0 Å². The molecular formula is C11H14OW. The number of carbonyl (C=O) groups excluding carboxylic acids is 1.